The summed E-state index contributed by atoms with van der Waals surface area (Å²) in [5.41, 5.74) is 4.69. The van der Waals surface area contributed by atoms with Crippen LogP contribution in [0.2, 0.25) is 0 Å². The van der Waals surface area contributed by atoms with Crippen molar-refractivity contribution in [2.24, 2.45) is 4.99 Å². The number of aliphatic imine (C=N–C) groups is 1. The lowest BCUT2D eigenvalue weighted by molar-refractivity contribution is 0.0600. The van der Waals surface area contributed by atoms with Crippen molar-refractivity contribution >= 4 is 17.4 Å². The molecule has 2 aromatic heterocycles. The van der Waals surface area contributed by atoms with E-state index < -0.39 is 5.97 Å². The largest absolute Gasteiger partial charge is 0.465 e. The number of aryl methyl sites for hydroxylation is 2. The zero-order valence-electron chi connectivity index (χ0n) is 16.0. The molecule has 134 valence electrons. The first kappa shape index (κ1) is 20.5. The van der Waals surface area contributed by atoms with Gasteiger partial charge in [0.2, 0.25) is 0 Å². The minimum absolute atomic E-state index is 0.409. The van der Waals surface area contributed by atoms with Crippen molar-refractivity contribution in [3.63, 3.8) is 0 Å². The second kappa shape index (κ2) is 10.3. The quantitative estimate of drug-likeness (QED) is 0.584. The molecule has 25 heavy (non-hydrogen) atoms. The average molecular weight is 341 g/mol. The standard InChI is InChI=1S/C18H21N3O2.C2H6/c1-5-6-14-9-17(13(3)20-10-14)21-12(2)15-7-8-19-11-16(15)18(22)23-4;1-2/h7-11H,5-6H2,1-4H3;1-2H3. The molecule has 2 heterocycles. The zero-order chi connectivity index (χ0) is 18.8. The average Bonchev–Trinajstić information content (AvgIpc) is 2.65. The summed E-state index contributed by atoms with van der Waals surface area (Å²) in [4.78, 5) is 24.9. The minimum atomic E-state index is -0.419. The Kier molecular flexibility index (Phi) is 8.47. The Morgan fingerprint density at radius 3 is 2.60 bits per heavy atom. The molecule has 0 saturated heterocycles. The summed E-state index contributed by atoms with van der Waals surface area (Å²) in [5.74, 6) is -0.419. The van der Waals surface area contributed by atoms with Crippen molar-refractivity contribution in [1.29, 1.82) is 0 Å². The van der Waals surface area contributed by atoms with Crippen LogP contribution in [0.25, 0.3) is 0 Å². The molecular weight excluding hydrogens is 314 g/mol. The van der Waals surface area contributed by atoms with Gasteiger partial charge in [-0.15, -0.1) is 0 Å². The number of esters is 1. The molecule has 0 atom stereocenters. The zero-order valence-corrected chi connectivity index (χ0v) is 16.0. The maximum absolute atomic E-state index is 11.9. The van der Waals surface area contributed by atoms with Crippen molar-refractivity contribution in [1.82, 2.24) is 9.97 Å². The third-order valence-electron chi connectivity index (χ3n) is 3.56. The molecule has 5 nitrogen and oxygen atoms in total. The van der Waals surface area contributed by atoms with E-state index in [0.29, 0.717) is 11.1 Å². The fourth-order valence-electron chi connectivity index (χ4n) is 2.33. The lowest BCUT2D eigenvalue weighted by Gasteiger charge is -2.08. The molecule has 0 aliphatic rings. The maximum atomic E-state index is 11.9. The van der Waals surface area contributed by atoms with Crippen molar-refractivity contribution in [2.45, 2.75) is 47.5 Å². The second-order valence-corrected chi connectivity index (χ2v) is 5.31. The van der Waals surface area contributed by atoms with E-state index >= 15 is 0 Å². The summed E-state index contributed by atoms with van der Waals surface area (Å²) in [6.45, 7) is 9.93. The van der Waals surface area contributed by atoms with Gasteiger partial charge in [-0.2, -0.15) is 0 Å². The Morgan fingerprint density at radius 1 is 1.24 bits per heavy atom. The Bertz CT molecular complexity index is 739. The fraction of sp³-hybridized carbons (Fsp3) is 0.400. The number of nitrogens with zero attached hydrogens (tertiary/aromatic N) is 3. The van der Waals surface area contributed by atoms with E-state index in [1.54, 1.807) is 12.3 Å². The number of carbonyl (C=O) groups excluding carboxylic acids is 1. The Balaban J connectivity index is 0.00000151. The Morgan fingerprint density at radius 2 is 1.96 bits per heavy atom. The monoisotopic (exact) mass is 341 g/mol. The summed E-state index contributed by atoms with van der Waals surface area (Å²) in [6.07, 6.45) is 7.05. The topological polar surface area (TPSA) is 64.4 Å². The summed E-state index contributed by atoms with van der Waals surface area (Å²) >= 11 is 0. The summed E-state index contributed by atoms with van der Waals surface area (Å²) in [7, 11) is 1.36. The van der Waals surface area contributed by atoms with Crippen LogP contribution in [0.5, 0.6) is 0 Å². The van der Waals surface area contributed by atoms with Gasteiger partial charge in [-0.25, -0.2) is 4.79 Å². The van der Waals surface area contributed by atoms with E-state index in [-0.39, 0.29) is 0 Å². The SMILES string of the molecule is CC.CCCc1cnc(C)c(N=C(C)c2ccncc2C(=O)OC)c1. The number of methoxy groups -OCH3 is 1. The molecule has 0 aromatic carbocycles. The maximum Gasteiger partial charge on any atom is 0.340 e. The Labute approximate surface area is 150 Å². The van der Waals surface area contributed by atoms with Crippen LogP contribution in [0.4, 0.5) is 5.69 Å². The van der Waals surface area contributed by atoms with Crippen LogP contribution in [0.3, 0.4) is 0 Å². The van der Waals surface area contributed by atoms with Gasteiger partial charge in [0, 0.05) is 29.9 Å². The van der Waals surface area contributed by atoms with Gasteiger partial charge in [0.1, 0.15) is 0 Å². The predicted molar refractivity (Wildman–Crippen MR) is 102 cm³/mol. The predicted octanol–water partition coefficient (Wildman–Crippen LogP) is 4.69. The molecule has 0 bridgehead atoms. The van der Waals surface area contributed by atoms with E-state index in [1.807, 2.05) is 40.0 Å². The van der Waals surface area contributed by atoms with Gasteiger partial charge < -0.3 is 4.74 Å². The van der Waals surface area contributed by atoms with Crippen LogP contribution in [-0.4, -0.2) is 28.8 Å². The smallest absolute Gasteiger partial charge is 0.340 e. The summed E-state index contributed by atoms with van der Waals surface area (Å²) < 4.78 is 4.81. The molecule has 0 fully saturated rings. The number of hydrogen-bond acceptors (Lipinski definition) is 5. The molecule has 0 spiro atoms. The first-order valence-electron chi connectivity index (χ1n) is 8.60. The molecule has 0 radical (unpaired) electrons. The fourth-order valence-corrected chi connectivity index (χ4v) is 2.33. The molecule has 5 heteroatoms. The van der Waals surface area contributed by atoms with Crippen LogP contribution in [0.1, 0.15) is 61.3 Å². The van der Waals surface area contributed by atoms with E-state index in [4.69, 9.17) is 4.74 Å². The highest BCUT2D eigenvalue weighted by Crippen LogP contribution is 2.21. The highest BCUT2D eigenvalue weighted by atomic mass is 16.5. The molecule has 0 aliphatic heterocycles. The minimum Gasteiger partial charge on any atom is -0.465 e. The number of carbonyl (C=O) groups is 1. The Hall–Kier alpha value is -2.56. The molecule has 0 aliphatic carbocycles. The normalized spacial score (nSPS) is 10.7. The summed E-state index contributed by atoms with van der Waals surface area (Å²) in [5, 5.41) is 0. The number of ether oxygens (including phenoxy) is 1. The van der Waals surface area contributed by atoms with Gasteiger partial charge in [-0.3, -0.25) is 15.0 Å². The van der Waals surface area contributed by atoms with Gasteiger partial charge in [0.25, 0.3) is 0 Å². The van der Waals surface area contributed by atoms with Gasteiger partial charge in [-0.1, -0.05) is 27.2 Å². The molecule has 2 rings (SSSR count). The second-order valence-electron chi connectivity index (χ2n) is 5.31. The van der Waals surface area contributed by atoms with Crippen molar-refractivity contribution < 1.29 is 9.53 Å². The van der Waals surface area contributed by atoms with Crippen molar-refractivity contribution in [3.05, 3.63) is 53.1 Å². The van der Waals surface area contributed by atoms with Crippen LogP contribution >= 0.6 is 0 Å². The first-order chi connectivity index (χ1) is 12.1. The third-order valence-corrected chi connectivity index (χ3v) is 3.56. The van der Waals surface area contributed by atoms with E-state index in [9.17, 15) is 4.79 Å². The number of hydrogen-bond donors (Lipinski definition) is 0. The number of aromatic nitrogens is 2. The lowest BCUT2D eigenvalue weighted by Crippen LogP contribution is -2.09. The van der Waals surface area contributed by atoms with Gasteiger partial charge >= 0.3 is 5.97 Å². The summed E-state index contributed by atoms with van der Waals surface area (Å²) in [6, 6.07) is 3.82. The van der Waals surface area contributed by atoms with Crippen LogP contribution < -0.4 is 0 Å². The molecule has 0 N–H and O–H groups in total. The molecule has 0 unspecified atom stereocenters. The molecule has 0 saturated carbocycles. The molecular formula is C20H27N3O2. The van der Waals surface area contributed by atoms with Gasteiger partial charge in [0.15, 0.2) is 0 Å². The van der Waals surface area contributed by atoms with Crippen molar-refractivity contribution in [2.75, 3.05) is 7.11 Å². The van der Waals surface area contributed by atoms with Crippen molar-refractivity contribution in [3.8, 4) is 0 Å². The van der Waals surface area contributed by atoms with Crippen LogP contribution in [-0.2, 0) is 11.2 Å². The van der Waals surface area contributed by atoms with E-state index in [2.05, 4.69) is 21.9 Å². The molecule has 0 amide bonds. The highest BCUT2D eigenvalue weighted by Gasteiger charge is 2.14. The highest BCUT2D eigenvalue weighted by molar-refractivity contribution is 6.08. The van der Waals surface area contributed by atoms with E-state index in [1.165, 1.54) is 13.3 Å². The first-order valence-corrected chi connectivity index (χ1v) is 8.60. The number of rotatable bonds is 5. The van der Waals surface area contributed by atoms with E-state index in [0.717, 1.165) is 35.5 Å². The van der Waals surface area contributed by atoms with Gasteiger partial charge in [-0.05, 0) is 38.0 Å². The third kappa shape index (κ3) is 5.48. The molecule has 2 aromatic rings. The van der Waals surface area contributed by atoms with Gasteiger partial charge in [0.05, 0.1) is 24.1 Å². The van der Waals surface area contributed by atoms with Crippen LogP contribution in [0, 0.1) is 6.92 Å². The lowest BCUT2D eigenvalue weighted by atomic mass is 10.1. The number of pyridine rings is 2. The van der Waals surface area contributed by atoms with Crippen LogP contribution in [0.15, 0.2) is 35.7 Å².